The fraction of sp³-hybridized carbons (Fsp3) is 1.00. The standard InChI is InChI=1S/C5H15N2O2P/c1-3-9-10(2,8)7-5-4-6/h3-6H2,1-2H3,(H,7,8). The normalized spacial score (nSPS) is 16.7. The smallest absolute Gasteiger partial charge is 0.266 e. The van der Waals surface area contributed by atoms with Crippen molar-refractivity contribution in [2.45, 2.75) is 6.92 Å². The second kappa shape index (κ2) is 4.85. The molecule has 4 nitrogen and oxygen atoms in total. The molecule has 3 N–H and O–H groups in total. The number of hydrogen-bond acceptors (Lipinski definition) is 3. The molecule has 1 atom stereocenters. The van der Waals surface area contributed by atoms with E-state index in [9.17, 15) is 4.57 Å². The average molecular weight is 166 g/mol. The van der Waals surface area contributed by atoms with Crippen LogP contribution in [0.15, 0.2) is 0 Å². The van der Waals surface area contributed by atoms with Crippen LogP contribution >= 0.6 is 7.52 Å². The lowest BCUT2D eigenvalue weighted by atomic mass is 10.7. The Labute approximate surface area is 61.6 Å². The lowest BCUT2D eigenvalue weighted by molar-refractivity contribution is 0.329. The van der Waals surface area contributed by atoms with Gasteiger partial charge in [-0.2, -0.15) is 0 Å². The van der Waals surface area contributed by atoms with Crippen molar-refractivity contribution < 1.29 is 9.09 Å². The molecule has 0 aliphatic rings. The quantitative estimate of drug-likeness (QED) is 0.580. The van der Waals surface area contributed by atoms with Gasteiger partial charge in [-0.1, -0.05) is 0 Å². The molecule has 0 radical (unpaired) electrons. The fourth-order valence-electron chi connectivity index (χ4n) is 0.560. The Bertz CT molecular complexity index is 129. The van der Waals surface area contributed by atoms with E-state index < -0.39 is 7.52 Å². The minimum Gasteiger partial charge on any atom is -0.329 e. The summed E-state index contributed by atoms with van der Waals surface area (Å²) in [7, 11) is -2.54. The summed E-state index contributed by atoms with van der Waals surface area (Å²) < 4.78 is 16.1. The molecular weight excluding hydrogens is 151 g/mol. The van der Waals surface area contributed by atoms with E-state index in [1.165, 1.54) is 0 Å². The maximum atomic E-state index is 11.2. The molecule has 0 saturated heterocycles. The third kappa shape index (κ3) is 4.94. The van der Waals surface area contributed by atoms with Crippen LogP contribution in [0.4, 0.5) is 0 Å². The molecule has 0 bridgehead atoms. The summed E-state index contributed by atoms with van der Waals surface area (Å²) >= 11 is 0. The van der Waals surface area contributed by atoms with Gasteiger partial charge in [-0.25, -0.2) is 5.09 Å². The second-order valence-corrected chi connectivity index (χ2v) is 4.23. The summed E-state index contributed by atoms with van der Waals surface area (Å²) in [6.45, 7) is 4.83. The lowest BCUT2D eigenvalue weighted by Crippen LogP contribution is -2.20. The van der Waals surface area contributed by atoms with Gasteiger partial charge in [0, 0.05) is 19.8 Å². The van der Waals surface area contributed by atoms with Gasteiger partial charge in [0.2, 0.25) is 0 Å². The van der Waals surface area contributed by atoms with Gasteiger partial charge >= 0.3 is 0 Å². The minimum atomic E-state index is -2.54. The van der Waals surface area contributed by atoms with Crippen molar-refractivity contribution in [3.8, 4) is 0 Å². The van der Waals surface area contributed by atoms with Gasteiger partial charge in [-0.05, 0) is 6.92 Å². The molecule has 0 fully saturated rings. The lowest BCUT2D eigenvalue weighted by Gasteiger charge is -2.12. The van der Waals surface area contributed by atoms with E-state index in [-0.39, 0.29) is 0 Å². The maximum absolute atomic E-state index is 11.2. The Hall–Kier alpha value is 0.110. The van der Waals surface area contributed by atoms with E-state index in [1.807, 2.05) is 0 Å². The molecule has 0 aromatic heterocycles. The zero-order valence-electron chi connectivity index (χ0n) is 6.46. The summed E-state index contributed by atoms with van der Waals surface area (Å²) in [5, 5.41) is 2.72. The molecular formula is C5H15N2O2P. The monoisotopic (exact) mass is 166 g/mol. The third-order valence-corrected chi connectivity index (χ3v) is 2.47. The van der Waals surface area contributed by atoms with Crippen LogP contribution in [0.5, 0.6) is 0 Å². The molecule has 5 heteroatoms. The largest absolute Gasteiger partial charge is 0.329 e. The number of hydrogen-bond donors (Lipinski definition) is 2. The molecule has 0 rings (SSSR count). The van der Waals surface area contributed by atoms with Gasteiger partial charge in [0.15, 0.2) is 0 Å². The van der Waals surface area contributed by atoms with Crippen molar-refractivity contribution in [3.63, 3.8) is 0 Å². The molecule has 0 amide bonds. The van der Waals surface area contributed by atoms with Gasteiger partial charge in [-0.15, -0.1) is 0 Å². The third-order valence-electron chi connectivity index (χ3n) is 0.919. The van der Waals surface area contributed by atoms with Crippen LogP contribution in [0.25, 0.3) is 0 Å². The molecule has 0 aliphatic heterocycles. The van der Waals surface area contributed by atoms with Crippen molar-refractivity contribution >= 4 is 7.52 Å². The molecule has 0 saturated carbocycles. The molecule has 0 spiro atoms. The number of nitrogens with one attached hydrogen (secondary N) is 1. The van der Waals surface area contributed by atoms with Crippen molar-refractivity contribution in [1.82, 2.24) is 5.09 Å². The van der Waals surface area contributed by atoms with Crippen LogP contribution in [0.1, 0.15) is 6.92 Å². The summed E-state index contributed by atoms with van der Waals surface area (Å²) in [6, 6.07) is 0. The Morgan fingerprint density at radius 3 is 2.70 bits per heavy atom. The Kier molecular flexibility index (Phi) is 4.91. The maximum Gasteiger partial charge on any atom is 0.266 e. The first-order chi connectivity index (χ1) is 4.62. The van der Waals surface area contributed by atoms with Crippen LogP contribution in [-0.2, 0) is 9.09 Å². The minimum absolute atomic E-state index is 0.464. The molecule has 62 valence electrons. The Balaban J connectivity index is 3.53. The van der Waals surface area contributed by atoms with Gasteiger partial charge in [0.05, 0.1) is 6.61 Å². The van der Waals surface area contributed by atoms with Gasteiger partial charge < -0.3 is 10.3 Å². The summed E-state index contributed by atoms with van der Waals surface area (Å²) in [5.41, 5.74) is 5.19. The molecule has 10 heavy (non-hydrogen) atoms. The van der Waals surface area contributed by atoms with E-state index in [0.717, 1.165) is 0 Å². The van der Waals surface area contributed by atoms with Crippen LogP contribution in [0, 0.1) is 0 Å². The highest BCUT2D eigenvalue weighted by molar-refractivity contribution is 7.56. The van der Waals surface area contributed by atoms with Crippen molar-refractivity contribution in [1.29, 1.82) is 0 Å². The molecule has 0 aromatic rings. The molecule has 0 heterocycles. The zero-order valence-corrected chi connectivity index (χ0v) is 7.36. The topological polar surface area (TPSA) is 64.3 Å². The predicted molar refractivity (Wildman–Crippen MR) is 42.2 cm³/mol. The van der Waals surface area contributed by atoms with Gasteiger partial charge in [0.25, 0.3) is 7.52 Å². The highest BCUT2D eigenvalue weighted by Crippen LogP contribution is 2.36. The van der Waals surface area contributed by atoms with Crippen molar-refractivity contribution in [2.75, 3.05) is 26.4 Å². The summed E-state index contributed by atoms with van der Waals surface area (Å²) in [5.74, 6) is 0. The van der Waals surface area contributed by atoms with Crippen LogP contribution < -0.4 is 10.8 Å². The highest BCUT2D eigenvalue weighted by atomic mass is 31.2. The fourth-order valence-corrected chi connectivity index (χ4v) is 1.68. The summed E-state index contributed by atoms with van der Waals surface area (Å²) in [6.07, 6.45) is 0. The summed E-state index contributed by atoms with van der Waals surface area (Å²) in [4.78, 5) is 0. The van der Waals surface area contributed by atoms with Crippen LogP contribution in [0.3, 0.4) is 0 Å². The van der Waals surface area contributed by atoms with Crippen molar-refractivity contribution in [3.05, 3.63) is 0 Å². The van der Waals surface area contributed by atoms with Crippen LogP contribution in [0.2, 0.25) is 0 Å². The zero-order chi connectivity index (χ0) is 8.04. The van der Waals surface area contributed by atoms with E-state index in [0.29, 0.717) is 19.7 Å². The first-order valence-electron chi connectivity index (χ1n) is 3.29. The Morgan fingerprint density at radius 2 is 2.30 bits per heavy atom. The molecule has 1 unspecified atom stereocenters. The van der Waals surface area contributed by atoms with E-state index in [2.05, 4.69) is 5.09 Å². The van der Waals surface area contributed by atoms with E-state index >= 15 is 0 Å². The molecule has 0 aromatic carbocycles. The first-order valence-corrected chi connectivity index (χ1v) is 5.37. The number of nitrogens with two attached hydrogens (primary N) is 1. The first kappa shape index (κ1) is 10.1. The second-order valence-electron chi connectivity index (χ2n) is 1.96. The van der Waals surface area contributed by atoms with Crippen molar-refractivity contribution in [2.24, 2.45) is 5.73 Å². The van der Waals surface area contributed by atoms with E-state index in [1.54, 1.807) is 13.6 Å². The van der Waals surface area contributed by atoms with E-state index in [4.69, 9.17) is 10.3 Å². The predicted octanol–water partition coefficient (Wildman–Crippen LogP) is 0.394. The Morgan fingerprint density at radius 1 is 1.70 bits per heavy atom. The van der Waals surface area contributed by atoms with Gasteiger partial charge in [-0.3, -0.25) is 4.57 Å². The molecule has 0 aliphatic carbocycles. The van der Waals surface area contributed by atoms with Crippen LogP contribution in [-0.4, -0.2) is 26.4 Å². The highest BCUT2D eigenvalue weighted by Gasteiger charge is 2.11. The SMILES string of the molecule is CCOP(C)(=O)NCCN. The van der Waals surface area contributed by atoms with Gasteiger partial charge in [0.1, 0.15) is 0 Å². The average Bonchev–Trinajstić information content (AvgIpc) is 1.84. The number of rotatable bonds is 5.